The van der Waals surface area contributed by atoms with Gasteiger partial charge in [-0.05, 0) is 36.5 Å². The lowest BCUT2D eigenvalue weighted by Crippen LogP contribution is -2.38. The van der Waals surface area contributed by atoms with Gasteiger partial charge in [-0.2, -0.15) is 0 Å². The van der Waals surface area contributed by atoms with Crippen LogP contribution in [0.15, 0.2) is 24.3 Å². The smallest absolute Gasteiger partial charge is 0.251 e. The number of hydrogen-bond donors (Lipinski definition) is 2. The molecule has 136 valence electrons. The Labute approximate surface area is 156 Å². The fraction of sp³-hybridized carbons (Fsp3) is 0.588. The van der Waals surface area contributed by atoms with Crippen molar-refractivity contribution in [2.75, 3.05) is 32.8 Å². The van der Waals surface area contributed by atoms with Crippen LogP contribution in [0.4, 0.5) is 0 Å². The van der Waals surface area contributed by atoms with Crippen LogP contribution in [0.25, 0.3) is 0 Å². The molecule has 1 heterocycles. The van der Waals surface area contributed by atoms with Crippen LogP contribution < -0.4 is 11.1 Å². The molecule has 0 radical (unpaired) electrons. The second kappa shape index (κ2) is 10.2. The lowest BCUT2D eigenvalue weighted by atomic mass is 10.1. The maximum absolute atomic E-state index is 12.2. The van der Waals surface area contributed by atoms with Gasteiger partial charge in [0.1, 0.15) is 0 Å². The molecule has 7 heteroatoms. The number of carbonyl (C=O) groups excluding carboxylic acids is 1. The van der Waals surface area contributed by atoms with Crippen LogP contribution in [0.2, 0.25) is 0 Å². The normalized spacial score (nSPS) is 18.9. The van der Waals surface area contributed by atoms with E-state index in [-0.39, 0.29) is 36.8 Å². The topological polar surface area (TPSA) is 67.6 Å². The van der Waals surface area contributed by atoms with E-state index < -0.39 is 0 Å². The molecule has 1 saturated carbocycles. The van der Waals surface area contributed by atoms with E-state index in [2.05, 4.69) is 16.3 Å². The van der Waals surface area contributed by atoms with Crippen LogP contribution in [0, 0.1) is 5.92 Å². The fourth-order valence-corrected chi connectivity index (χ4v) is 2.83. The summed E-state index contributed by atoms with van der Waals surface area (Å²) < 4.78 is 5.36. The Bertz CT molecular complexity index is 520. The highest BCUT2D eigenvalue weighted by Gasteiger charge is 2.28. The highest BCUT2D eigenvalue weighted by molar-refractivity contribution is 5.94. The predicted molar refractivity (Wildman–Crippen MR) is 100 cm³/mol. The molecule has 2 fully saturated rings. The van der Waals surface area contributed by atoms with Crippen LogP contribution in [0.1, 0.15) is 28.8 Å². The number of hydrogen-bond acceptors (Lipinski definition) is 4. The molecule has 0 bridgehead atoms. The van der Waals surface area contributed by atoms with Gasteiger partial charge in [0.15, 0.2) is 0 Å². The second-order valence-electron chi connectivity index (χ2n) is 6.30. The molecule has 1 saturated heterocycles. The van der Waals surface area contributed by atoms with Gasteiger partial charge in [0, 0.05) is 37.8 Å². The van der Waals surface area contributed by atoms with Crippen molar-refractivity contribution in [2.24, 2.45) is 11.7 Å². The number of nitrogens with zero attached hydrogens (tertiary/aromatic N) is 1. The lowest BCUT2D eigenvalue weighted by Gasteiger charge is -2.26. The summed E-state index contributed by atoms with van der Waals surface area (Å²) in [5, 5.41) is 2.95. The molecule has 5 nitrogen and oxygen atoms in total. The molecule has 0 aromatic heterocycles. The number of nitrogens with one attached hydrogen (secondary N) is 1. The van der Waals surface area contributed by atoms with Crippen LogP contribution in [-0.4, -0.2) is 49.7 Å². The Morgan fingerprint density at radius 1 is 1.29 bits per heavy atom. The van der Waals surface area contributed by atoms with Gasteiger partial charge in [0.05, 0.1) is 13.2 Å². The molecule has 0 spiro atoms. The maximum Gasteiger partial charge on any atom is 0.251 e. The van der Waals surface area contributed by atoms with Crippen molar-refractivity contribution in [1.29, 1.82) is 0 Å². The number of halogens is 2. The van der Waals surface area contributed by atoms with E-state index in [4.69, 9.17) is 10.5 Å². The van der Waals surface area contributed by atoms with E-state index >= 15 is 0 Å². The Hall–Kier alpha value is -0.850. The van der Waals surface area contributed by atoms with E-state index in [0.29, 0.717) is 18.0 Å². The minimum Gasteiger partial charge on any atom is -0.379 e. The van der Waals surface area contributed by atoms with Crippen molar-refractivity contribution in [3.8, 4) is 0 Å². The summed E-state index contributed by atoms with van der Waals surface area (Å²) in [5.74, 6) is 0.577. The first-order valence-electron chi connectivity index (χ1n) is 8.15. The largest absolute Gasteiger partial charge is 0.379 e. The number of morpholine rings is 1. The average Bonchev–Trinajstić information content (AvgIpc) is 3.38. The second-order valence-corrected chi connectivity index (χ2v) is 6.30. The van der Waals surface area contributed by atoms with E-state index in [1.54, 1.807) is 0 Å². The Morgan fingerprint density at radius 2 is 2.00 bits per heavy atom. The molecule has 1 aliphatic heterocycles. The molecule has 1 unspecified atom stereocenters. The standard InChI is InChI=1S/C17H25N3O2.2ClH/c18-16(14-4-5-14)11-19-17(21)15-3-1-2-13(10-15)12-20-6-8-22-9-7-20;;/h1-3,10,14,16H,4-9,11-12,18H2,(H,19,21);2*1H. The summed E-state index contributed by atoms with van der Waals surface area (Å²) in [4.78, 5) is 14.6. The minimum absolute atomic E-state index is 0. The molecule has 1 amide bonds. The molecule has 1 aromatic rings. The van der Waals surface area contributed by atoms with Gasteiger partial charge in [-0.1, -0.05) is 12.1 Å². The number of rotatable bonds is 6. The first-order valence-corrected chi connectivity index (χ1v) is 8.15. The number of carbonyl (C=O) groups is 1. The third-order valence-corrected chi connectivity index (χ3v) is 4.42. The number of amides is 1. The zero-order valence-electron chi connectivity index (χ0n) is 13.8. The molecule has 1 atom stereocenters. The summed E-state index contributed by atoms with van der Waals surface area (Å²) in [7, 11) is 0. The van der Waals surface area contributed by atoms with Crippen LogP contribution in [-0.2, 0) is 11.3 Å². The monoisotopic (exact) mass is 375 g/mol. The van der Waals surface area contributed by atoms with Gasteiger partial charge in [-0.15, -0.1) is 24.8 Å². The van der Waals surface area contributed by atoms with Gasteiger partial charge in [-0.25, -0.2) is 0 Å². The van der Waals surface area contributed by atoms with Gasteiger partial charge in [0.2, 0.25) is 0 Å². The Morgan fingerprint density at radius 3 is 2.67 bits per heavy atom. The van der Waals surface area contributed by atoms with Crippen molar-refractivity contribution in [1.82, 2.24) is 10.2 Å². The minimum atomic E-state index is -0.0278. The first-order chi connectivity index (χ1) is 10.7. The Kier molecular flexibility index (Phi) is 9.02. The lowest BCUT2D eigenvalue weighted by molar-refractivity contribution is 0.0342. The molecular formula is C17H27Cl2N3O2. The van der Waals surface area contributed by atoms with Crippen molar-refractivity contribution < 1.29 is 9.53 Å². The van der Waals surface area contributed by atoms with Gasteiger partial charge < -0.3 is 15.8 Å². The van der Waals surface area contributed by atoms with Crippen molar-refractivity contribution >= 4 is 30.7 Å². The van der Waals surface area contributed by atoms with Crippen LogP contribution in [0.5, 0.6) is 0 Å². The zero-order chi connectivity index (χ0) is 15.4. The molecule has 3 rings (SSSR count). The highest BCUT2D eigenvalue weighted by Crippen LogP contribution is 2.31. The van der Waals surface area contributed by atoms with Crippen molar-refractivity contribution in [3.63, 3.8) is 0 Å². The molecular weight excluding hydrogens is 349 g/mol. The average molecular weight is 376 g/mol. The van der Waals surface area contributed by atoms with Crippen molar-refractivity contribution in [3.05, 3.63) is 35.4 Å². The Balaban J connectivity index is 0.00000144. The molecule has 1 aromatic carbocycles. The van der Waals surface area contributed by atoms with Crippen molar-refractivity contribution in [2.45, 2.75) is 25.4 Å². The number of ether oxygens (including phenoxy) is 1. The summed E-state index contributed by atoms with van der Waals surface area (Å²) in [6.07, 6.45) is 2.40. The third kappa shape index (κ3) is 6.22. The van der Waals surface area contributed by atoms with E-state index in [1.165, 1.54) is 18.4 Å². The number of benzene rings is 1. The highest BCUT2D eigenvalue weighted by atomic mass is 35.5. The molecule has 1 aliphatic carbocycles. The van der Waals surface area contributed by atoms with Crippen LogP contribution in [0.3, 0.4) is 0 Å². The zero-order valence-corrected chi connectivity index (χ0v) is 15.4. The fourth-order valence-electron chi connectivity index (χ4n) is 2.83. The maximum atomic E-state index is 12.2. The summed E-state index contributed by atoms with van der Waals surface area (Å²) in [5.41, 5.74) is 7.91. The predicted octanol–water partition coefficient (Wildman–Crippen LogP) is 1.83. The summed E-state index contributed by atoms with van der Waals surface area (Å²) >= 11 is 0. The van der Waals surface area contributed by atoms with E-state index in [1.807, 2.05) is 18.2 Å². The van der Waals surface area contributed by atoms with Gasteiger partial charge in [-0.3, -0.25) is 9.69 Å². The van der Waals surface area contributed by atoms with E-state index in [0.717, 1.165) is 32.8 Å². The molecule has 2 aliphatic rings. The molecule has 3 N–H and O–H groups in total. The van der Waals surface area contributed by atoms with E-state index in [9.17, 15) is 4.79 Å². The quantitative estimate of drug-likeness (QED) is 0.795. The SMILES string of the molecule is Cl.Cl.NC(CNC(=O)c1cccc(CN2CCOCC2)c1)C1CC1. The summed E-state index contributed by atoms with van der Waals surface area (Å²) in [6.45, 7) is 4.92. The van der Waals surface area contributed by atoms with Gasteiger partial charge >= 0.3 is 0 Å². The van der Waals surface area contributed by atoms with Gasteiger partial charge in [0.25, 0.3) is 5.91 Å². The third-order valence-electron chi connectivity index (χ3n) is 4.42. The number of nitrogens with two attached hydrogens (primary N) is 1. The van der Waals surface area contributed by atoms with Crippen LogP contribution >= 0.6 is 24.8 Å². The first kappa shape index (κ1) is 21.2. The molecule has 24 heavy (non-hydrogen) atoms. The summed E-state index contributed by atoms with van der Waals surface area (Å²) in [6, 6.07) is 7.96.